The number of sulfone groups is 1. The van der Waals surface area contributed by atoms with Gasteiger partial charge in [-0.25, -0.2) is 12.8 Å². The van der Waals surface area contributed by atoms with Crippen molar-refractivity contribution in [2.24, 2.45) is 5.16 Å². The molecular weight excluding hydrogens is 421 g/mol. The Bertz CT molecular complexity index is 1230. The number of nitrogens with zero attached hydrogens (tertiary/aromatic N) is 2. The molecule has 152 valence electrons. The van der Waals surface area contributed by atoms with E-state index < -0.39 is 32.9 Å². The molecule has 3 heterocycles. The van der Waals surface area contributed by atoms with Gasteiger partial charge >= 0.3 is 0 Å². The maximum Gasteiger partial charge on any atom is 0.265 e. The second-order valence-electron chi connectivity index (χ2n) is 7.16. The van der Waals surface area contributed by atoms with Crippen molar-refractivity contribution in [2.75, 3.05) is 5.32 Å². The van der Waals surface area contributed by atoms with Crippen molar-refractivity contribution < 1.29 is 27.0 Å². The quantitative estimate of drug-likeness (QED) is 0.666. The lowest BCUT2D eigenvalue weighted by Crippen LogP contribution is -2.23. The van der Waals surface area contributed by atoms with Crippen molar-refractivity contribution in [3.05, 3.63) is 46.0 Å². The molecule has 0 unspecified atom stereocenters. The van der Waals surface area contributed by atoms with Crippen molar-refractivity contribution in [3.8, 4) is 0 Å². The van der Waals surface area contributed by atoms with Gasteiger partial charge in [-0.15, -0.1) is 11.3 Å². The molecule has 3 aromatic rings. The number of carbonyl (C=O) groups is 1. The van der Waals surface area contributed by atoms with Crippen LogP contribution in [0.25, 0.3) is 11.0 Å². The monoisotopic (exact) mass is 437 g/mol. The molecule has 4 rings (SSSR count). The van der Waals surface area contributed by atoms with Crippen molar-refractivity contribution in [1.29, 1.82) is 0 Å². The number of oxime groups is 1. The van der Waals surface area contributed by atoms with Gasteiger partial charge in [0.1, 0.15) is 22.9 Å². The highest BCUT2D eigenvalue weighted by Gasteiger charge is 2.36. The Balaban J connectivity index is 1.60. The minimum atomic E-state index is -3.81. The third-order valence-electron chi connectivity index (χ3n) is 4.28. The number of amides is 1. The maximum atomic E-state index is 14.5. The van der Waals surface area contributed by atoms with E-state index in [-0.39, 0.29) is 33.8 Å². The molecule has 0 fully saturated rings. The van der Waals surface area contributed by atoms with Gasteiger partial charge in [0.25, 0.3) is 5.91 Å². The molecule has 1 aliphatic heterocycles. The van der Waals surface area contributed by atoms with E-state index in [9.17, 15) is 17.6 Å². The molecule has 0 atom stereocenters. The van der Waals surface area contributed by atoms with E-state index in [2.05, 4.69) is 15.6 Å². The molecule has 1 aromatic carbocycles. The lowest BCUT2D eigenvalue weighted by Gasteiger charge is -2.13. The van der Waals surface area contributed by atoms with Gasteiger partial charge in [-0.2, -0.15) is 0 Å². The van der Waals surface area contributed by atoms with Gasteiger partial charge in [-0.05, 0) is 31.4 Å². The first-order valence-electron chi connectivity index (χ1n) is 8.55. The van der Waals surface area contributed by atoms with Gasteiger partial charge < -0.3 is 14.7 Å². The van der Waals surface area contributed by atoms with Gasteiger partial charge in [-0.1, -0.05) is 16.4 Å². The summed E-state index contributed by atoms with van der Waals surface area (Å²) in [5, 5.41) is 11.8. The van der Waals surface area contributed by atoms with Gasteiger partial charge in [0, 0.05) is 17.9 Å². The first kappa shape index (κ1) is 19.5. The molecule has 8 nitrogen and oxygen atoms in total. The summed E-state index contributed by atoms with van der Waals surface area (Å²) in [6.07, 6.45) is 0.137. The molecule has 0 bridgehead atoms. The van der Waals surface area contributed by atoms with Crippen LogP contribution in [0.3, 0.4) is 0 Å². The third-order valence-corrected chi connectivity index (χ3v) is 6.74. The molecular formula is C18H16FN3O5S2. The second-order valence-corrected chi connectivity index (χ2v) is 10.1. The van der Waals surface area contributed by atoms with Crippen LogP contribution < -0.4 is 5.32 Å². The fraction of sp³-hybridized carbons (Fsp3) is 0.278. The molecule has 29 heavy (non-hydrogen) atoms. The average Bonchev–Trinajstić information content (AvgIpc) is 3.36. The van der Waals surface area contributed by atoms with E-state index >= 15 is 0 Å². The number of rotatable bonds is 4. The van der Waals surface area contributed by atoms with Crippen molar-refractivity contribution in [2.45, 2.75) is 31.6 Å². The highest BCUT2D eigenvalue weighted by Crippen LogP contribution is 2.30. The maximum absolute atomic E-state index is 14.5. The minimum absolute atomic E-state index is 0.0578. The number of anilines is 1. The van der Waals surface area contributed by atoms with Crippen LogP contribution in [0.4, 0.5) is 10.1 Å². The highest BCUT2D eigenvalue weighted by molar-refractivity contribution is 8.05. The van der Waals surface area contributed by atoms with Crippen LogP contribution in [0, 0.1) is 5.82 Å². The number of benzene rings is 1. The number of aromatic nitrogens is 1. The van der Waals surface area contributed by atoms with E-state index in [0.717, 1.165) is 6.07 Å². The Hall–Kier alpha value is -2.79. The normalized spacial score (nSPS) is 15.9. The van der Waals surface area contributed by atoms with E-state index in [1.807, 2.05) is 0 Å². The van der Waals surface area contributed by atoms with Crippen molar-refractivity contribution >= 4 is 48.8 Å². The molecule has 11 heteroatoms. The number of nitrogens with one attached hydrogen (secondary N) is 1. The fourth-order valence-electron chi connectivity index (χ4n) is 2.83. The molecule has 0 saturated carbocycles. The summed E-state index contributed by atoms with van der Waals surface area (Å²) in [7, 11) is -3.81. The summed E-state index contributed by atoms with van der Waals surface area (Å²) in [5.74, 6) is -1.69. The summed E-state index contributed by atoms with van der Waals surface area (Å²) in [5.41, 5.74) is -0.571. The predicted molar refractivity (Wildman–Crippen MR) is 106 cm³/mol. The fourth-order valence-corrected chi connectivity index (χ4v) is 4.90. The number of halogens is 1. The summed E-state index contributed by atoms with van der Waals surface area (Å²) in [6.45, 7) is 3.46. The smallest absolute Gasteiger partial charge is 0.265 e. The molecule has 1 N–H and O–H groups in total. The lowest BCUT2D eigenvalue weighted by molar-refractivity contribution is 0.0123. The molecule has 0 saturated heterocycles. The van der Waals surface area contributed by atoms with Crippen LogP contribution in [0.5, 0.6) is 0 Å². The number of carbonyl (C=O) groups excluding carboxylic acids is 1. The zero-order chi connectivity index (χ0) is 20.8. The minimum Gasteiger partial charge on any atom is -0.389 e. The number of thiophene rings is 1. The number of hydrogen-bond acceptors (Lipinski definition) is 8. The highest BCUT2D eigenvalue weighted by atomic mass is 32.2. The zero-order valence-corrected chi connectivity index (χ0v) is 17.1. The molecule has 0 spiro atoms. The van der Waals surface area contributed by atoms with Crippen LogP contribution in [-0.4, -0.2) is 30.1 Å². The number of fused-ring (bicyclic) bond motifs is 1. The molecule has 1 amide bonds. The Morgan fingerprint density at radius 2 is 2.17 bits per heavy atom. The molecule has 1 aliphatic rings. The van der Waals surface area contributed by atoms with Crippen LogP contribution in [0.2, 0.25) is 0 Å². The van der Waals surface area contributed by atoms with Gasteiger partial charge in [0.2, 0.25) is 9.84 Å². The number of hydrogen-bond donors (Lipinski definition) is 1. The van der Waals surface area contributed by atoms with Crippen LogP contribution >= 0.6 is 11.3 Å². The van der Waals surface area contributed by atoms with Gasteiger partial charge in [-0.3, -0.25) is 4.79 Å². The van der Waals surface area contributed by atoms with Gasteiger partial charge in [0.15, 0.2) is 10.6 Å². The Morgan fingerprint density at radius 3 is 2.83 bits per heavy atom. The van der Waals surface area contributed by atoms with Crippen LogP contribution in [0.1, 0.15) is 35.6 Å². The molecule has 2 aromatic heterocycles. The van der Waals surface area contributed by atoms with Crippen molar-refractivity contribution in [1.82, 2.24) is 5.16 Å². The predicted octanol–water partition coefficient (Wildman–Crippen LogP) is 3.71. The van der Waals surface area contributed by atoms with E-state index in [0.29, 0.717) is 4.88 Å². The Labute approximate surface area is 169 Å². The molecule has 0 aliphatic carbocycles. The van der Waals surface area contributed by atoms with Crippen LogP contribution in [-0.2, 0) is 20.4 Å². The largest absolute Gasteiger partial charge is 0.389 e. The summed E-state index contributed by atoms with van der Waals surface area (Å²) in [6, 6.07) is 5.70. The summed E-state index contributed by atoms with van der Waals surface area (Å²) >= 11 is 1.22. The zero-order valence-electron chi connectivity index (χ0n) is 15.4. The SMILES string of the molecule is CC1(C)CC(S(=O)(=O)Cc2noc3cc(NC(=O)c4cccs4)c(F)cc23)=NO1. The summed E-state index contributed by atoms with van der Waals surface area (Å²) in [4.78, 5) is 17.7. The third kappa shape index (κ3) is 3.87. The van der Waals surface area contributed by atoms with Gasteiger partial charge in [0.05, 0.1) is 10.6 Å². The first-order valence-corrected chi connectivity index (χ1v) is 11.1. The topological polar surface area (TPSA) is 111 Å². The van der Waals surface area contributed by atoms with E-state index in [1.54, 1.807) is 31.4 Å². The molecule has 0 radical (unpaired) electrons. The van der Waals surface area contributed by atoms with Crippen molar-refractivity contribution in [3.63, 3.8) is 0 Å². The lowest BCUT2D eigenvalue weighted by atomic mass is 10.1. The average molecular weight is 437 g/mol. The van der Waals surface area contributed by atoms with E-state index in [1.165, 1.54) is 17.4 Å². The summed E-state index contributed by atoms with van der Waals surface area (Å²) < 4.78 is 44.9. The second kappa shape index (κ2) is 6.92. The Kier molecular flexibility index (Phi) is 4.66. The first-order chi connectivity index (χ1) is 13.6. The van der Waals surface area contributed by atoms with Crippen LogP contribution in [0.15, 0.2) is 39.3 Å². The standard InChI is InChI=1S/C18H16FN3O5S2/c1-18(2)8-16(22-27-18)29(24,25)9-13-10-6-11(19)12(7-14(10)26-21-13)20-17(23)15-4-3-5-28-15/h3-7H,8-9H2,1-2H3,(H,20,23). The Morgan fingerprint density at radius 1 is 1.38 bits per heavy atom. The van der Waals surface area contributed by atoms with E-state index in [4.69, 9.17) is 9.36 Å².